The summed E-state index contributed by atoms with van der Waals surface area (Å²) in [6.45, 7) is 0. The van der Waals surface area contributed by atoms with Crippen LogP contribution in [-0.4, -0.2) is 35.6 Å². The van der Waals surface area contributed by atoms with Crippen LogP contribution >= 0.6 is 0 Å². The molecule has 0 heterocycles. The lowest BCUT2D eigenvalue weighted by Crippen LogP contribution is -2.46. The van der Waals surface area contributed by atoms with Gasteiger partial charge in [-0.3, -0.25) is 4.79 Å². The Balaban J connectivity index is 2.70. The molecule has 1 rings (SSSR count). The molecule has 15 heavy (non-hydrogen) atoms. The minimum atomic E-state index is -0.663. The lowest BCUT2D eigenvalue weighted by Gasteiger charge is -2.40. The van der Waals surface area contributed by atoms with Gasteiger partial charge in [0.05, 0.1) is 6.42 Å². The minimum absolute atomic E-state index is 0.0910. The highest BCUT2D eigenvalue weighted by Gasteiger charge is 2.34. The third-order valence-corrected chi connectivity index (χ3v) is 3.71. The first-order valence-electron chi connectivity index (χ1n) is 5.96. The Morgan fingerprint density at radius 1 is 1.13 bits per heavy atom. The summed E-state index contributed by atoms with van der Waals surface area (Å²) in [5, 5.41) is 9.02. The zero-order chi connectivity index (χ0) is 11.3. The van der Waals surface area contributed by atoms with Gasteiger partial charge < -0.3 is 10.0 Å². The molecule has 0 unspecified atom stereocenters. The van der Waals surface area contributed by atoms with Crippen LogP contribution < -0.4 is 0 Å². The predicted octanol–water partition coefficient (Wildman–Crippen LogP) is 2.51. The van der Waals surface area contributed by atoms with Crippen molar-refractivity contribution >= 4 is 5.97 Å². The first-order valence-corrected chi connectivity index (χ1v) is 5.96. The van der Waals surface area contributed by atoms with E-state index < -0.39 is 5.97 Å². The molecule has 0 aromatic carbocycles. The van der Waals surface area contributed by atoms with Crippen molar-refractivity contribution in [3.05, 3.63) is 0 Å². The summed E-state index contributed by atoms with van der Waals surface area (Å²) in [5.74, 6) is -0.663. The summed E-state index contributed by atoms with van der Waals surface area (Å²) in [5.41, 5.74) is -0.0910. The van der Waals surface area contributed by atoms with Crippen LogP contribution in [0.1, 0.15) is 51.4 Å². The molecule has 1 aliphatic carbocycles. The number of carboxylic acids is 1. The van der Waals surface area contributed by atoms with Crippen LogP contribution in [0.2, 0.25) is 0 Å². The fraction of sp³-hybridized carbons (Fsp3) is 0.917. The van der Waals surface area contributed by atoms with E-state index in [9.17, 15) is 4.79 Å². The van der Waals surface area contributed by atoms with Gasteiger partial charge in [0.15, 0.2) is 0 Å². The van der Waals surface area contributed by atoms with Gasteiger partial charge in [-0.05, 0) is 26.9 Å². The van der Waals surface area contributed by atoms with Crippen molar-refractivity contribution in [1.82, 2.24) is 4.90 Å². The Kier molecular flexibility index (Phi) is 4.58. The van der Waals surface area contributed by atoms with E-state index in [1.165, 1.54) is 32.1 Å². The van der Waals surface area contributed by atoms with Crippen LogP contribution in [0, 0.1) is 0 Å². The molecule has 0 aromatic heterocycles. The normalized spacial score (nSPS) is 22.1. The smallest absolute Gasteiger partial charge is 0.305 e. The van der Waals surface area contributed by atoms with E-state index in [4.69, 9.17) is 5.11 Å². The largest absolute Gasteiger partial charge is 0.481 e. The van der Waals surface area contributed by atoms with E-state index in [0.717, 1.165) is 12.8 Å². The Labute approximate surface area is 92.5 Å². The number of hydrogen-bond acceptors (Lipinski definition) is 2. The molecule has 0 radical (unpaired) electrons. The van der Waals surface area contributed by atoms with E-state index in [1.807, 2.05) is 14.1 Å². The highest BCUT2D eigenvalue weighted by atomic mass is 16.4. The third-order valence-electron chi connectivity index (χ3n) is 3.71. The molecule has 1 N–H and O–H groups in total. The van der Waals surface area contributed by atoms with Crippen LogP contribution in [0.15, 0.2) is 0 Å². The Morgan fingerprint density at radius 3 is 2.00 bits per heavy atom. The van der Waals surface area contributed by atoms with Crippen LogP contribution in [0.5, 0.6) is 0 Å². The molecular formula is C12H23NO2. The highest BCUT2D eigenvalue weighted by Crippen LogP contribution is 2.33. The van der Waals surface area contributed by atoms with Crippen molar-refractivity contribution in [2.75, 3.05) is 14.1 Å². The monoisotopic (exact) mass is 213 g/mol. The lowest BCUT2D eigenvalue weighted by atomic mass is 9.80. The quantitative estimate of drug-likeness (QED) is 0.783. The topological polar surface area (TPSA) is 40.5 Å². The molecule has 3 nitrogen and oxygen atoms in total. The van der Waals surface area contributed by atoms with E-state index in [0.29, 0.717) is 6.42 Å². The number of carboxylic acid groups (broad SMARTS) is 1. The molecule has 0 atom stereocenters. The maximum atomic E-state index is 10.9. The Hall–Kier alpha value is -0.570. The van der Waals surface area contributed by atoms with Crippen molar-refractivity contribution in [1.29, 1.82) is 0 Å². The summed E-state index contributed by atoms with van der Waals surface area (Å²) >= 11 is 0. The maximum absolute atomic E-state index is 10.9. The van der Waals surface area contributed by atoms with E-state index >= 15 is 0 Å². The SMILES string of the molecule is CN(C)C1(CC(=O)O)CCCCCCC1. The molecule has 88 valence electrons. The zero-order valence-electron chi connectivity index (χ0n) is 9.96. The molecule has 1 fully saturated rings. The Bertz CT molecular complexity index is 206. The van der Waals surface area contributed by atoms with Gasteiger partial charge in [-0.1, -0.05) is 32.1 Å². The van der Waals surface area contributed by atoms with Crippen LogP contribution in [0.3, 0.4) is 0 Å². The first kappa shape index (κ1) is 12.5. The molecule has 1 saturated carbocycles. The molecule has 0 saturated heterocycles. The van der Waals surface area contributed by atoms with E-state index in [-0.39, 0.29) is 5.54 Å². The number of rotatable bonds is 3. The number of aliphatic carboxylic acids is 1. The van der Waals surface area contributed by atoms with E-state index in [1.54, 1.807) is 0 Å². The van der Waals surface area contributed by atoms with E-state index in [2.05, 4.69) is 4.90 Å². The minimum Gasteiger partial charge on any atom is -0.481 e. The molecule has 0 aliphatic heterocycles. The maximum Gasteiger partial charge on any atom is 0.305 e. The van der Waals surface area contributed by atoms with Gasteiger partial charge in [0, 0.05) is 5.54 Å². The first-order chi connectivity index (χ1) is 7.07. The van der Waals surface area contributed by atoms with Crippen molar-refractivity contribution in [2.24, 2.45) is 0 Å². The average Bonchev–Trinajstić information content (AvgIpc) is 2.08. The van der Waals surface area contributed by atoms with Crippen LogP contribution in [0.4, 0.5) is 0 Å². The summed E-state index contributed by atoms with van der Waals surface area (Å²) in [6, 6.07) is 0. The second kappa shape index (κ2) is 5.50. The number of hydrogen-bond donors (Lipinski definition) is 1. The van der Waals surface area contributed by atoms with Crippen molar-refractivity contribution in [2.45, 2.75) is 56.9 Å². The van der Waals surface area contributed by atoms with Crippen molar-refractivity contribution < 1.29 is 9.90 Å². The van der Waals surface area contributed by atoms with Crippen molar-refractivity contribution in [3.8, 4) is 0 Å². The summed E-state index contributed by atoms with van der Waals surface area (Å²) < 4.78 is 0. The van der Waals surface area contributed by atoms with Gasteiger partial charge in [-0.15, -0.1) is 0 Å². The highest BCUT2D eigenvalue weighted by molar-refractivity contribution is 5.68. The lowest BCUT2D eigenvalue weighted by molar-refractivity contribution is -0.140. The van der Waals surface area contributed by atoms with Gasteiger partial charge in [0.2, 0.25) is 0 Å². The third kappa shape index (κ3) is 3.49. The molecule has 0 bridgehead atoms. The Morgan fingerprint density at radius 2 is 1.60 bits per heavy atom. The molecule has 1 aliphatic rings. The molecule has 0 spiro atoms. The van der Waals surface area contributed by atoms with Gasteiger partial charge in [0.25, 0.3) is 0 Å². The molecule has 0 aromatic rings. The van der Waals surface area contributed by atoms with Gasteiger partial charge in [0.1, 0.15) is 0 Å². The average molecular weight is 213 g/mol. The van der Waals surface area contributed by atoms with Crippen LogP contribution in [-0.2, 0) is 4.79 Å². The fourth-order valence-corrected chi connectivity index (χ4v) is 2.63. The fourth-order valence-electron chi connectivity index (χ4n) is 2.63. The molecule has 3 heteroatoms. The summed E-state index contributed by atoms with van der Waals surface area (Å²) in [7, 11) is 4.04. The zero-order valence-corrected chi connectivity index (χ0v) is 9.96. The standard InChI is InChI=1S/C12H23NO2/c1-13(2)12(10-11(14)15)8-6-4-3-5-7-9-12/h3-10H2,1-2H3,(H,14,15). The summed E-state index contributed by atoms with van der Waals surface area (Å²) in [6.07, 6.45) is 8.54. The summed E-state index contributed by atoms with van der Waals surface area (Å²) in [4.78, 5) is 13.1. The number of carbonyl (C=O) groups is 1. The second-order valence-electron chi connectivity index (χ2n) is 4.96. The van der Waals surface area contributed by atoms with Crippen LogP contribution in [0.25, 0.3) is 0 Å². The van der Waals surface area contributed by atoms with Gasteiger partial charge in [-0.25, -0.2) is 0 Å². The van der Waals surface area contributed by atoms with Crippen molar-refractivity contribution in [3.63, 3.8) is 0 Å². The molecular weight excluding hydrogens is 190 g/mol. The van der Waals surface area contributed by atoms with Gasteiger partial charge >= 0.3 is 5.97 Å². The number of nitrogens with zero attached hydrogens (tertiary/aromatic N) is 1. The molecule has 0 amide bonds. The second-order valence-corrected chi connectivity index (χ2v) is 4.96. The predicted molar refractivity (Wildman–Crippen MR) is 61.0 cm³/mol. The van der Waals surface area contributed by atoms with Gasteiger partial charge in [-0.2, -0.15) is 0 Å².